The van der Waals surface area contributed by atoms with Gasteiger partial charge >= 0.3 is 5.69 Å². The molecule has 0 saturated carbocycles. The third-order valence-electron chi connectivity index (χ3n) is 5.21. The predicted octanol–water partition coefficient (Wildman–Crippen LogP) is 1.31. The Kier molecular flexibility index (Phi) is 5.69. The van der Waals surface area contributed by atoms with Gasteiger partial charge in [-0.15, -0.1) is 0 Å². The maximum atomic E-state index is 14.3. The van der Waals surface area contributed by atoms with Crippen molar-refractivity contribution in [2.24, 2.45) is 7.05 Å². The van der Waals surface area contributed by atoms with Crippen molar-refractivity contribution in [3.05, 3.63) is 67.3 Å². The lowest BCUT2D eigenvalue weighted by atomic mass is 10.2. The standard InChI is InChI=1S/C20H21ClFN5O4/c1-12-10-26-16-17(23-19(26)25(12)6-8-31-9-7-28)24(2)20(30)27(18(16)29)11-13-14(21)4-3-5-15(13)22/h3-5,10,28H,6-9,11H2,1-2H3. The summed E-state index contributed by atoms with van der Waals surface area (Å²) in [6.07, 6.45) is 1.75. The highest BCUT2D eigenvalue weighted by Crippen LogP contribution is 2.20. The first-order valence-electron chi connectivity index (χ1n) is 9.64. The average molecular weight is 450 g/mol. The first kappa shape index (κ1) is 21.3. The van der Waals surface area contributed by atoms with Gasteiger partial charge in [0.25, 0.3) is 5.56 Å². The van der Waals surface area contributed by atoms with Crippen molar-refractivity contribution >= 4 is 28.5 Å². The lowest BCUT2D eigenvalue weighted by Crippen LogP contribution is -2.39. The number of ether oxygens (including phenoxy) is 1. The zero-order chi connectivity index (χ0) is 22.3. The number of imidazole rings is 2. The Labute approximate surface area is 180 Å². The first-order chi connectivity index (χ1) is 14.8. The normalized spacial score (nSPS) is 11.8. The molecule has 0 radical (unpaired) electrons. The molecular formula is C20H21ClFN5O4. The van der Waals surface area contributed by atoms with E-state index in [-0.39, 0.29) is 41.5 Å². The molecule has 3 heterocycles. The maximum absolute atomic E-state index is 14.3. The molecule has 1 N–H and O–H groups in total. The number of hydrogen-bond acceptors (Lipinski definition) is 5. The Morgan fingerprint density at radius 3 is 2.71 bits per heavy atom. The SMILES string of the molecule is Cc1cn2c3c(=O)n(Cc4c(F)cccc4Cl)c(=O)n(C)c3nc2n1CCOCCO. The van der Waals surface area contributed by atoms with E-state index in [2.05, 4.69) is 4.98 Å². The average Bonchev–Trinajstić information content (AvgIpc) is 3.24. The molecule has 3 aromatic heterocycles. The Morgan fingerprint density at radius 1 is 1.23 bits per heavy atom. The second-order valence-corrected chi connectivity index (χ2v) is 7.55. The van der Waals surface area contributed by atoms with E-state index in [0.717, 1.165) is 10.3 Å². The summed E-state index contributed by atoms with van der Waals surface area (Å²) in [5, 5.41) is 8.99. The van der Waals surface area contributed by atoms with E-state index < -0.39 is 17.1 Å². The summed E-state index contributed by atoms with van der Waals surface area (Å²) >= 11 is 6.10. The smallest absolute Gasteiger partial charge is 0.332 e. The second kappa shape index (κ2) is 8.29. The van der Waals surface area contributed by atoms with E-state index in [4.69, 9.17) is 21.4 Å². The van der Waals surface area contributed by atoms with Gasteiger partial charge in [0.15, 0.2) is 11.2 Å². The summed E-state index contributed by atoms with van der Waals surface area (Å²) in [6, 6.07) is 4.20. The Hall–Kier alpha value is -2.95. The number of benzene rings is 1. The van der Waals surface area contributed by atoms with Gasteiger partial charge in [0.2, 0.25) is 5.78 Å². The zero-order valence-electron chi connectivity index (χ0n) is 17.0. The van der Waals surface area contributed by atoms with E-state index >= 15 is 0 Å². The Bertz CT molecular complexity index is 1380. The third-order valence-corrected chi connectivity index (χ3v) is 5.57. The zero-order valence-corrected chi connectivity index (χ0v) is 17.8. The molecule has 31 heavy (non-hydrogen) atoms. The van der Waals surface area contributed by atoms with Crippen LogP contribution in [0.1, 0.15) is 11.3 Å². The summed E-state index contributed by atoms with van der Waals surface area (Å²) in [5.74, 6) is -0.112. The van der Waals surface area contributed by atoms with Gasteiger partial charge in [-0.1, -0.05) is 17.7 Å². The fourth-order valence-electron chi connectivity index (χ4n) is 3.63. The summed E-state index contributed by atoms with van der Waals surface area (Å²) < 4.78 is 25.3. The molecule has 0 aliphatic carbocycles. The van der Waals surface area contributed by atoms with Gasteiger partial charge in [0.1, 0.15) is 5.82 Å². The highest BCUT2D eigenvalue weighted by atomic mass is 35.5. The van der Waals surface area contributed by atoms with E-state index in [1.807, 2.05) is 11.5 Å². The number of aliphatic hydroxyl groups excluding tert-OH is 1. The van der Waals surface area contributed by atoms with Crippen LogP contribution in [0.25, 0.3) is 16.9 Å². The van der Waals surface area contributed by atoms with E-state index in [1.54, 1.807) is 10.6 Å². The van der Waals surface area contributed by atoms with Gasteiger partial charge in [0.05, 0.1) is 26.4 Å². The number of halogens is 2. The van der Waals surface area contributed by atoms with Crippen LogP contribution in [0.15, 0.2) is 34.0 Å². The molecule has 0 spiro atoms. The number of rotatable bonds is 7. The van der Waals surface area contributed by atoms with Gasteiger partial charge in [-0.2, -0.15) is 4.98 Å². The highest BCUT2D eigenvalue weighted by Gasteiger charge is 2.21. The van der Waals surface area contributed by atoms with Gasteiger partial charge in [0, 0.05) is 36.1 Å². The Morgan fingerprint density at radius 2 is 2.00 bits per heavy atom. The topological polar surface area (TPSA) is 95.7 Å². The number of aryl methyl sites for hydroxylation is 2. The van der Waals surface area contributed by atoms with Crippen LogP contribution in [-0.4, -0.2) is 48.0 Å². The van der Waals surface area contributed by atoms with Crippen molar-refractivity contribution in [1.82, 2.24) is 23.1 Å². The van der Waals surface area contributed by atoms with Crippen LogP contribution in [0.4, 0.5) is 4.39 Å². The largest absolute Gasteiger partial charge is 0.394 e. The molecule has 11 heteroatoms. The molecule has 4 rings (SSSR count). The van der Waals surface area contributed by atoms with Gasteiger partial charge < -0.3 is 14.4 Å². The molecule has 4 aromatic rings. The summed E-state index contributed by atoms with van der Waals surface area (Å²) in [7, 11) is 1.51. The fourth-order valence-corrected chi connectivity index (χ4v) is 3.86. The van der Waals surface area contributed by atoms with Crippen LogP contribution < -0.4 is 11.2 Å². The van der Waals surface area contributed by atoms with Crippen LogP contribution in [0.3, 0.4) is 0 Å². The molecule has 0 saturated heterocycles. The Balaban J connectivity index is 1.88. The molecule has 0 fully saturated rings. The van der Waals surface area contributed by atoms with Gasteiger partial charge in [-0.3, -0.25) is 18.3 Å². The molecule has 0 aliphatic rings. The number of aromatic nitrogens is 5. The van der Waals surface area contributed by atoms with Crippen molar-refractivity contribution in [3.63, 3.8) is 0 Å². The molecule has 0 atom stereocenters. The minimum atomic E-state index is -0.618. The quantitative estimate of drug-likeness (QED) is 0.429. The number of aliphatic hydroxyl groups is 1. The van der Waals surface area contributed by atoms with Gasteiger partial charge in [-0.25, -0.2) is 9.18 Å². The summed E-state index contributed by atoms with van der Waals surface area (Å²) in [5.41, 5.74) is 0.145. The number of nitrogens with zero attached hydrogens (tertiary/aromatic N) is 5. The van der Waals surface area contributed by atoms with Crippen LogP contribution >= 0.6 is 11.6 Å². The van der Waals surface area contributed by atoms with Crippen LogP contribution in [0.2, 0.25) is 5.02 Å². The van der Waals surface area contributed by atoms with Gasteiger partial charge in [-0.05, 0) is 19.1 Å². The van der Waals surface area contributed by atoms with E-state index in [0.29, 0.717) is 18.9 Å². The summed E-state index contributed by atoms with van der Waals surface area (Å²) in [6.45, 7) is 2.54. The van der Waals surface area contributed by atoms with Crippen LogP contribution in [0, 0.1) is 12.7 Å². The molecule has 0 unspecified atom stereocenters. The molecule has 0 amide bonds. The minimum absolute atomic E-state index is 0.0678. The van der Waals surface area contributed by atoms with Crippen molar-refractivity contribution in [2.75, 3.05) is 19.8 Å². The molecule has 1 aromatic carbocycles. The lowest BCUT2D eigenvalue weighted by molar-refractivity contribution is 0.0872. The van der Waals surface area contributed by atoms with E-state index in [1.165, 1.54) is 29.8 Å². The third kappa shape index (κ3) is 3.56. The second-order valence-electron chi connectivity index (χ2n) is 7.15. The predicted molar refractivity (Wildman–Crippen MR) is 113 cm³/mol. The number of hydrogen-bond donors (Lipinski definition) is 1. The maximum Gasteiger partial charge on any atom is 0.332 e. The fraction of sp³-hybridized carbons (Fsp3) is 0.350. The number of fused-ring (bicyclic) bond motifs is 3. The van der Waals surface area contributed by atoms with Crippen molar-refractivity contribution in [3.8, 4) is 0 Å². The molecule has 9 nitrogen and oxygen atoms in total. The highest BCUT2D eigenvalue weighted by molar-refractivity contribution is 6.31. The molecule has 0 bridgehead atoms. The van der Waals surface area contributed by atoms with Crippen molar-refractivity contribution in [1.29, 1.82) is 0 Å². The molecular weight excluding hydrogens is 429 g/mol. The van der Waals surface area contributed by atoms with Crippen LogP contribution in [-0.2, 0) is 24.9 Å². The van der Waals surface area contributed by atoms with Crippen LogP contribution in [0.5, 0.6) is 0 Å². The molecule has 0 aliphatic heterocycles. The van der Waals surface area contributed by atoms with Crippen molar-refractivity contribution < 1.29 is 14.2 Å². The molecule has 164 valence electrons. The van der Waals surface area contributed by atoms with Crippen molar-refractivity contribution in [2.45, 2.75) is 20.0 Å². The minimum Gasteiger partial charge on any atom is -0.394 e. The van der Waals surface area contributed by atoms with E-state index in [9.17, 15) is 14.0 Å². The first-order valence-corrected chi connectivity index (χ1v) is 10.0. The summed E-state index contributed by atoms with van der Waals surface area (Å²) in [4.78, 5) is 30.7. The monoisotopic (exact) mass is 449 g/mol. The lowest BCUT2D eigenvalue weighted by Gasteiger charge is -2.10.